The van der Waals surface area contributed by atoms with Crippen molar-refractivity contribution in [1.82, 2.24) is 15.5 Å². The Bertz CT molecular complexity index is 1110. The normalized spacial score (nSPS) is 12.9. The fourth-order valence-electron chi connectivity index (χ4n) is 3.81. The van der Waals surface area contributed by atoms with Gasteiger partial charge in [0.05, 0.1) is 63.4 Å². The molecule has 4 amide bonds. The third-order valence-electron chi connectivity index (χ3n) is 5.87. The van der Waals surface area contributed by atoms with Gasteiger partial charge in [0, 0.05) is 32.7 Å². The molecular weight excluding hydrogens is 592 g/mol. The Hall–Kier alpha value is -3.92. The summed E-state index contributed by atoms with van der Waals surface area (Å²) in [4.78, 5) is 69.7. The van der Waals surface area contributed by atoms with E-state index in [9.17, 15) is 28.8 Å². The highest BCUT2D eigenvalue weighted by molar-refractivity contribution is 6.24. The fourth-order valence-corrected chi connectivity index (χ4v) is 3.81. The van der Waals surface area contributed by atoms with Crippen LogP contribution in [0.25, 0.3) is 0 Å². The van der Waals surface area contributed by atoms with E-state index in [2.05, 4.69) is 16.0 Å². The number of benzene rings is 1. The third-order valence-corrected chi connectivity index (χ3v) is 5.87. The van der Waals surface area contributed by atoms with Crippen LogP contribution >= 0.6 is 0 Å². The summed E-state index contributed by atoms with van der Waals surface area (Å²) in [5.41, 5.74) is 0.571. The molecule has 252 valence electrons. The molecule has 1 atom stereocenters. The Labute approximate surface area is 263 Å². The summed E-state index contributed by atoms with van der Waals surface area (Å²) in [7, 11) is 3.14. The van der Waals surface area contributed by atoms with Crippen LogP contribution in [0.15, 0.2) is 18.2 Å². The van der Waals surface area contributed by atoms with Crippen molar-refractivity contribution in [2.24, 2.45) is 0 Å². The van der Waals surface area contributed by atoms with E-state index in [-0.39, 0.29) is 36.5 Å². The zero-order chi connectivity index (χ0) is 33.7. The van der Waals surface area contributed by atoms with Crippen molar-refractivity contribution in [3.63, 3.8) is 0 Å². The standard InChI is InChI=1S/C15H17N3O4.C15H29NO7/c1-16-11-5-3-4-10-13(11)15(22)18(14(10)21)9(8-19)6-7-12(20)17-2;1-15(2,3)23-14(18)16-4-6-19-8-10-21-12-13-22-11-9-20-7-5-17/h3-5,8-9,16H,6-7H2,1-2H3,(H,17,20);5H,4,6-13H2,1-3H3,(H,16,18). The molecule has 3 N–H and O–H groups in total. The number of carbonyl (C=O) groups excluding carboxylic acids is 6. The molecule has 1 aromatic carbocycles. The molecule has 1 aliphatic heterocycles. The topological polar surface area (TPSA) is 188 Å². The summed E-state index contributed by atoms with van der Waals surface area (Å²) >= 11 is 0. The lowest BCUT2D eigenvalue weighted by Crippen LogP contribution is -2.41. The first-order valence-corrected chi connectivity index (χ1v) is 14.6. The van der Waals surface area contributed by atoms with E-state index < -0.39 is 29.6 Å². The van der Waals surface area contributed by atoms with Gasteiger partial charge < -0.3 is 49.2 Å². The van der Waals surface area contributed by atoms with Crippen molar-refractivity contribution in [3.8, 4) is 0 Å². The number of imide groups is 1. The summed E-state index contributed by atoms with van der Waals surface area (Å²) in [6.45, 7) is 8.96. The van der Waals surface area contributed by atoms with Crippen LogP contribution in [-0.2, 0) is 38.1 Å². The first-order valence-electron chi connectivity index (χ1n) is 14.6. The Morgan fingerprint density at radius 3 is 2.02 bits per heavy atom. The predicted molar refractivity (Wildman–Crippen MR) is 163 cm³/mol. The van der Waals surface area contributed by atoms with Gasteiger partial charge in [-0.1, -0.05) is 6.07 Å². The van der Waals surface area contributed by atoms with Gasteiger partial charge in [-0.3, -0.25) is 19.3 Å². The van der Waals surface area contributed by atoms with E-state index in [1.807, 2.05) is 20.8 Å². The molecule has 0 saturated carbocycles. The number of nitrogens with one attached hydrogen (secondary N) is 3. The number of hydrogen-bond acceptors (Lipinski definition) is 12. The number of aldehydes is 2. The van der Waals surface area contributed by atoms with Gasteiger partial charge in [0.15, 0.2) is 0 Å². The average Bonchev–Trinajstić information content (AvgIpc) is 3.26. The summed E-state index contributed by atoms with van der Waals surface area (Å²) in [6, 6.07) is 3.96. The SMILES string of the molecule is CC(C)(C)OC(=O)NCCOCCOCCOCCOCC=O.CNC(=O)CCC(C=O)N1C(=O)c2cccc(NC)c2C1=O. The maximum Gasteiger partial charge on any atom is 0.407 e. The average molecular weight is 639 g/mol. The maximum absolute atomic E-state index is 12.5. The lowest BCUT2D eigenvalue weighted by atomic mass is 10.1. The van der Waals surface area contributed by atoms with E-state index in [1.165, 1.54) is 7.05 Å². The van der Waals surface area contributed by atoms with Gasteiger partial charge in [0.25, 0.3) is 11.8 Å². The van der Waals surface area contributed by atoms with Crippen molar-refractivity contribution in [1.29, 1.82) is 0 Å². The van der Waals surface area contributed by atoms with Crippen molar-refractivity contribution < 1.29 is 52.5 Å². The molecule has 0 aliphatic carbocycles. The molecule has 1 heterocycles. The molecule has 0 bridgehead atoms. The maximum atomic E-state index is 12.5. The van der Waals surface area contributed by atoms with Crippen molar-refractivity contribution >= 4 is 42.1 Å². The highest BCUT2D eigenvalue weighted by Crippen LogP contribution is 2.31. The van der Waals surface area contributed by atoms with Gasteiger partial charge in [-0.15, -0.1) is 0 Å². The number of anilines is 1. The van der Waals surface area contributed by atoms with Gasteiger partial charge in [0.1, 0.15) is 24.8 Å². The quantitative estimate of drug-likeness (QED) is 0.105. The van der Waals surface area contributed by atoms with E-state index in [0.717, 1.165) is 4.90 Å². The van der Waals surface area contributed by atoms with Crippen LogP contribution in [0.1, 0.15) is 54.3 Å². The number of nitrogens with zero attached hydrogens (tertiary/aromatic N) is 1. The molecule has 1 aliphatic rings. The van der Waals surface area contributed by atoms with Gasteiger partial charge in [-0.05, 0) is 39.3 Å². The van der Waals surface area contributed by atoms with Crippen molar-refractivity contribution in [3.05, 3.63) is 29.3 Å². The minimum absolute atomic E-state index is 0.0617. The van der Waals surface area contributed by atoms with Crippen molar-refractivity contribution in [2.75, 3.05) is 78.8 Å². The zero-order valence-electron chi connectivity index (χ0n) is 26.7. The number of fused-ring (bicyclic) bond motifs is 1. The second-order valence-electron chi connectivity index (χ2n) is 10.4. The summed E-state index contributed by atoms with van der Waals surface area (Å²) in [6.07, 6.45) is 0.942. The molecule has 0 spiro atoms. The van der Waals surface area contributed by atoms with Gasteiger partial charge in [-0.25, -0.2) is 4.79 Å². The summed E-state index contributed by atoms with van der Waals surface area (Å²) in [5.74, 6) is -1.27. The third kappa shape index (κ3) is 15.1. The predicted octanol–water partition coefficient (Wildman–Crippen LogP) is 1.19. The van der Waals surface area contributed by atoms with Gasteiger partial charge in [0.2, 0.25) is 5.91 Å². The Morgan fingerprint density at radius 2 is 1.49 bits per heavy atom. The molecule has 1 unspecified atom stereocenters. The molecule has 2 rings (SSSR count). The lowest BCUT2D eigenvalue weighted by molar-refractivity contribution is -0.121. The fraction of sp³-hybridized carbons (Fsp3) is 0.600. The minimum atomic E-state index is -0.950. The molecule has 1 aromatic rings. The number of ether oxygens (including phenoxy) is 5. The second-order valence-corrected chi connectivity index (χ2v) is 10.4. The van der Waals surface area contributed by atoms with Crippen LogP contribution in [0, 0.1) is 0 Å². The lowest BCUT2D eigenvalue weighted by Gasteiger charge is -2.21. The molecular formula is C30H46N4O11. The zero-order valence-corrected chi connectivity index (χ0v) is 26.7. The number of alkyl carbamates (subject to hydrolysis) is 1. The second kappa shape index (κ2) is 21.7. The van der Waals surface area contributed by atoms with Crippen LogP contribution in [0.5, 0.6) is 0 Å². The van der Waals surface area contributed by atoms with E-state index in [0.29, 0.717) is 71.1 Å². The monoisotopic (exact) mass is 638 g/mol. The number of amides is 4. The number of hydrogen-bond donors (Lipinski definition) is 3. The first-order chi connectivity index (χ1) is 21.5. The minimum Gasteiger partial charge on any atom is -0.444 e. The van der Waals surface area contributed by atoms with Crippen LogP contribution in [0.4, 0.5) is 10.5 Å². The number of carbonyl (C=O) groups is 6. The van der Waals surface area contributed by atoms with Crippen LogP contribution < -0.4 is 16.0 Å². The summed E-state index contributed by atoms with van der Waals surface area (Å²) in [5, 5.41) is 7.90. The van der Waals surface area contributed by atoms with Crippen LogP contribution in [-0.4, -0.2) is 126 Å². The Balaban J connectivity index is 0.000000450. The van der Waals surface area contributed by atoms with E-state index in [1.54, 1.807) is 25.2 Å². The summed E-state index contributed by atoms with van der Waals surface area (Å²) < 4.78 is 25.8. The molecule has 45 heavy (non-hydrogen) atoms. The Kier molecular flexibility index (Phi) is 18.9. The molecule has 15 heteroatoms. The van der Waals surface area contributed by atoms with Crippen LogP contribution in [0.2, 0.25) is 0 Å². The van der Waals surface area contributed by atoms with Crippen molar-refractivity contribution in [2.45, 2.75) is 45.3 Å². The Morgan fingerprint density at radius 1 is 0.889 bits per heavy atom. The first kappa shape index (κ1) is 39.1. The highest BCUT2D eigenvalue weighted by Gasteiger charge is 2.41. The molecule has 0 aromatic heterocycles. The van der Waals surface area contributed by atoms with Gasteiger partial charge >= 0.3 is 6.09 Å². The molecule has 0 fully saturated rings. The van der Waals surface area contributed by atoms with Gasteiger partial charge in [-0.2, -0.15) is 0 Å². The molecule has 0 radical (unpaired) electrons. The molecule has 0 saturated heterocycles. The van der Waals surface area contributed by atoms with E-state index >= 15 is 0 Å². The van der Waals surface area contributed by atoms with Crippen LogP contribution in [0.3, 0.4) is 0 Å². The molecule has 15 nitrogen and oxygen atoms in total. The largest absolute Gasteiger partial charge is 0.444 e. The number of rotatable bonds is 20. The van der Waals surface area contributed by atoms with E-state index in [4.69, 9.17) is 23.7 Å². The highest BCUT2D eigenvalue weighted by atomic mass is 16.6. The smallest absolute Gasteiger partial charge is 0.407 e.